The SMILES string of the molecule is CCOc1ccccc1N1CC(C(=O)Nc2ccc(C(=O)NC3CCCCC3)cc2C)CC1=O. The van der Waals surface area contributed by atoms with E-state index in [1.54, 1.807) is 23.1 Å². The van der Waals surface area contributed by atoms with Crippen LogP contribution in [0, 0.1) is 12.8 Å². The van der Waals surface area contributed by atoms with Crippen LogP contribution in [0.3, 0.4) is 0 Å². The molecule has 2 fully saturated rings. The van der Waals surface area contributed by atoms with E-state index in [-0.39, 0.29) is 30.2 Å². The highest BCUT2D eigenvalue weighted by molar-refractivity contribution is 6.04. The van der Waals surface area contributed by atoms with Crippen LogP contribution in [-0.2, 0) is 9.59 Å². The first kappa shape index (κ1) is 23.8. The number of hydrogen-bond acceptors (Lipinski definition) is 4. The van der Waals surface area contributed by atoms with Crippen molar-refractivity contribution in [3.63, 3.8) is 0 Å². The molecule has 2 aliphatic rings. The van der Waals surface area contributed by atoms with Crippen LogP contribution >= 0.6 is 0 Å². The highest BCUT2D eigenvalue weighted by Gasteiger charge is 2.36. The van der Waals surface area contributed by atoms with Gasteiger partial charge in [-0.1, -0.05) is 31.4 Å². The van der Waals surface area contributed by atoms with Crippen molar-refractivity contribution in [1.82, 2.24) is 5.32 Å². The number of amides is 3. The number of rotatable bonds is 7. The van der Waals surface area contributed by atoms with Gasteiger partial charge < -0.3 is 20.3 Å². The van der Waals surface area contributed by atoms with Gasteiger partial charge in [-0.25, -0.2) is 0 Å². The van der Waals surface area contributed by atoms with Crippen LogP contribution in [0.5, 0.6) is 5.75 Å². The fourth-order valence-electron chi connectivity index (χ4n) is 4.77. The average molecular weight is 464 g/mol. The summed E-state index contributed by atoms with van der Waals surface area (Å²) in [5.41, 5.74) is 2.75. The highest BCUT2D eigenvalue weighted by Crippen LogP contribution is 2.33. The Morgan fingerprint density at radius 2 is 1.85 bits per heavy atom. The number of nitrogens with one attached hydrogen (secondary N) is 2. The van der Waals surface area contributed by atoms with Crippen molar-refractivity contribution in [1.29, 1.82) is 0 Å². The average Bonchev–Trinajstić information content (AvgIpc) is 3.23. The van der Waals surface area contributed by atoms with Gasteiger partial charge in [0.2, 0.25) is 11.8 Å². The van der Waals surface area contributed by atoms with E-state index < -0.39 is 5.92 Å². The molecule has 34 heavy (non-hydrogen) atoms. The molecule has 3 amide bonds. The Morgan fingerprint density at radius 1 is 1.09 bits per heavy atom. The maximum absolute atomic E-state index is 13.0. The van der Waals surface area contributed by atoms with E-state index in [0.717, 1.165) is 31.2 Å². The molecule has 7 heteroatoms. The molecule has 2 aromatic rings. The Kier molecular flexibility index (Phi) is 7.50. The molecule has 2 N–H and O–H groups in total. The molecular formula is C27H33N3O4. The second kappa shape index (κ2) is 10.7. The van der Waals surface area contributed by atoms with Crippen LogP contribution in [-0.4, -0.2) is 36.9 Å². The Morgan fingerprint density at radius 3 is 2.59 bits per heavy atom. The number of anilines is 2. The van der Waals surface area contributed by atoms with Crippen LogP contribution in [0.1, 0.15) is 61.4 Å². The lowest BCUT2D eigenvalue weighted by Gasteiger charge is -2.23. The van der Waals surface area contributed by atoms with Gasteiger partial charge in [-0.3, -0.25) is 14.4 Å². The van der Waals surface area contributed by atoms with E-state index in [0.29, 0.717) is 35.8 Å². The fraction of sp³-hybridized carbons (Fsp3) is 0.444. The Balaban J connectivity index is 1.39. The molecule has 1 saturated heterocycles. The third kappa shape index (κ3) is 5.41. The number of hydrogen-bond donors (Lipinski definition) is 2. The summed E-state index contributed by atoms with van der Waals surface area (Å²) in [6.45, 7) is 4.57. The minimum Gasteiger partial charge on any atom is -0.492 e. The molecule has 1 aliphatic heterocycles. The summed E-state index contributed by atoms with van der Waals surface area (Å²) in [5.74, 6) is -0.197. The third-order valence-corrected chi connectivity index (χ3v) is 6.64. The van der Waals surface area contributed by atoms with Gasteiger partial charge in [0.1, 0.15) is 5.75 Å². The minimum absolute atomic E-state index is 0.0714. The standard InChI is InChI=1S/C27H33N3O4/c1-3-34-24-12-8-7-11-23(24)30-17-20(16-25(30)31)27(33)29-22-14-13-19(15-18(22)2)26(32)28-21-9-5-4-6-10-21/h7-8,11-15,20-21H,3-6,9-10,16-17H2,1-2H3,(H,28,32)(H,29,33). The summed E-state index contributed by atoms with van der Waals surface area (Å²) in [5, 5.41) is 6.08. The van der Waals surface area contributed by atoms with Crippen molar-refractivity contribution in [2.24, 2.45) is 5.92 Å². The van der Waals surface area contributed by atoms with Crippen LogP contribution < -0.4 is 20.3 Å². The summed E-state index contributed by atoms with van der Waals surface area (Å²) in [6, 6.07) is 12.9. The number of ether oxygens (including phenoxy) is 1. The molecule has 0 bridgehead atoms. The van der Waals surface area contributed by atoms with Gasteiger partial charge in [-0.05, 0) is 62.6 Å². The Bertz CT molecular complexity index is 1060. The molecular weight excluding hydrogens is 430 g/mol. The molecule has 0 radical (unpaired) electrons. The molecule has 1 saturated carbocycles. The monoisotopic (exact) mass is 463 g/mol. The van der Waals surface area contributed by atoms with Crippen molar-refractivity contribution in [2.75, 3.05) is 23.4 Å². The molecule has 0 aromatic heterocycles. The molecule has 180 valence electrons. The van der Waals surface area contributed by atoms with Crippen molar-refractivity contribution in [3.8, 4) is 5.75 Å². The third-order valence-electron chi connectivity index (χ3n) is 6.64. The number of carbonyl (C=O) groups excluding carboxylic acids is 3. The summed E-state index contributed by atoms with van der Waals surface area (Å²) >= 11 is 0. The van der Waals surface area contributed by atoms with Crippen molar-refractivity contribution in [3.05, 3.63) is 53.6 Å². The van der Waals surface area contributed by atoms with Crippen LogP contribution in [0.2, 0.25) is 0 Å². The van der Waals surface area contributed by atoms with Crippen molar-refractivity contribution < 1.29 is 19.1 Å². The Labute approximate surface area is 200 Å². The largest absolute Gasteiger partial charge is 0.492 e. The van der Waals surface area contributed by atoms with Crippen molar-refractivity contribution >= 4 is 29.1 Å². The summed E-state index contributed by atoms with van der Waals surface area (Å²) in [7, 11) is 0. The molecule has 7 nitrogen and oxygen atoms in total. The summed E-state index contributed by atoms with van der Waals surface area (Å²) in [4.78, 5) is 39.9. The number of nitrogens with zero attached hydrogens (tertiary/aromatic N) is 1. The lowest BCUT2D eigenvalue weighted by molar-refractivity contribution is -0.122. The normalized spacial score (nSPS) is 18.6. The number of benzene rings is 2. The lowest BCUT2D eigenvalue weighted by atomic mass is 9.95. The number of aryl methyl sites for hydroxylation is 1. The predicted octanol–water partition coefficient (Wildman–Crippen LogP) is 4.45. The molecule has 0 spiro atoms. The highest BCUT2D eigenvalue weighted by atomic mass is 16.5. The van der Waals surface area contributed by atoms with E-state index in [4.69, 9.17) is 4.74 Å². The van der Waals surface area contributed by atoms with E-state index in [2.05, 4.69) is 10.6 Å². The van der Waals surface area contributed by atoms with Gasteiger partial charge in [0.05, 0.1) is 18.2 Å². The molecule has 1 atom stereocenters. The smallest absolute Gasteiger partial charge is 0.251 e. The molecule has 1 heterocycles. The van der Waals surface area contributed by atoms with Gasteiger partial charge >= 0.3 is 0 Å². The lowest BCUT2D eigenvalue weighted by Crippen LogP contribution is -2.36. The van der Waals surface area contributed by atoms with E-state index in [9.17, 15) is 14.4 Å². The van der Waals surface area contributed by atoms with Crippen LogP contribution in [0.25, 0.3) is 0 Å². The minimum atomic E-state index is -0.462. The van der Waals surface area contributed by atoms with Gasteiger partial charge in [-0.2, -0.15) is 0 Å². The van der Waals surface area contributed by atoms with Crippen LogP contribution in [0.15, 0.2) is 42.5 Å². The zero-order valence-corrected chi connectivity index (χ0v) is 19.9. The van der Waals surface area contributed by atoms with Crippen LogP contribution in [0.4, 0.5) is 11.4 Å². The van der Waals surface area contributed by atoms with E-state index in [1.165, 1.54) is 6.42 Å². The second-order valence-electron chi connectivity index (χ2n) is 9.13. The Hall–Kier alpha value is -3.35. The van der Waals surface area contributed by atoms with Gasteiger partial charge in [0.25, 0.3) is 5.91 Å². The quantitative estimate of drug-likeness (QED) is 0.635. The second-order valence-corrected chi connectivity index (χ2v) is 9.13. The topological polar surface area (TPSA) is 87.7 Å². The van der Waals surface area contributed by atoms with E-state index in [1.807, 2.05) is 38.1 Å². The summed E-state index contributed by atoms with van der Waals surface area (Å²) < 4.78 is 5.66. The van der Waals surface area contributed by atoms with Gasteiger partial charge in [-0.15, -0.1) is 0 Å². The van der Waals surface area contributed by atoms with Crippen molar-refractivity contribution in [2.45, 2.75) is 58.4 Å². The van der Waals surface area contributed by atoms with E-state index >= 15 is 0 Å². The fourth-order valence-corrected chi connectivity index (χ4v) is 4.77. The first-order valence-electron chi connectivity index (χ1n) is 12.2. The molecule has 1 unspecified atom stereocenters. The number of para-hydroxylation sites is 2. The first-order valence-corrected chi connectivity index (χ1v) is 12.2. The van der Waals surface area contributed by atoms with Gasteiger partial charge in [0, 0.05) is 30.3 Å². The van der Waals surface area contributed by atoms with Gasteiger partial charge in [0.15, 0.2) is 0 Å². The number of carbonyl (C=O) groups is 3. The molecule has 4 rings (SSSR count). The maximum atomic E-state index is 13.0. The predicted molar refractivity (Wildman–Crippen MR) is 132 cm³/mol. The first-order chi connectivity index (χ1) is 16.5. The zero-order chi connectivity index (χ0) is 24.1. The maximum Gasteiger partial charge on any atom is 0.251 e. The summed E-state index contributed by atoms with van der Waals surface area (Å²) in [6.07, 6.45) is 5.77. The zero-order valence-electron chi connectivity index (χ0n) is 19.9. The molecule has 1 aliphatic carbocycles. The molecule has 2 aromatic carbocycles.